The summed E-state index contributed by atoms with van der Waals surface area (Å²) in [7, 11) is 17.1. The van der Waals surface area contributed by atoms with Gasteiger partial charge in [0.2, 0.25) is 0 Å². The lowest BCUT2D eigenvalue weighted by molar-refractivity contribution is 0.170. The minimum absolute atomic E-state index is 0.736. The summed E-state index contributed by atoms with van der Waals surface area (Å²) in [6.45, 7) is 40.1. The second-order valence-corrected chi connectivity index (χ2v) is 30.1. The van der Waals surface area contributed by atoms with Gasteiger partial charge in [-0.2, -0.15) is 0 Å². The Bertz CT molecular complexity index is 2730. The molecule has 18 heterocycles. The summed E-state index contributed by atoms with van der Waals surface area (Å²) in [4.78, 5) is 80.1. The summed E-state index contributed by atoms with van der Waals surface area (Å²) in [5.74, 6) is 11.9. The molecular weight excluding hydrogens is 1240 g/mol. The van der Waals surface area contributed by atoms with E-state index in [1.54, 1.807) is 0 Å². The smallest absolute Gasteiger partial charge is 0.199 e. The van der Waals surface area contributed by atoms with Gasteiger partial charge in [0.1, 0.15) is 12.5 Å². The Labute approximate surface area is 599 Å². The molecule has 26 nitrogen and oxygen atoms in total. The number of amidine groups is 1. The van der Waals surface area contributed by atoms with Gasteiger partial charge < -0.3 is 83.3 Å². The molecule has 9 fully saturated rings. The molecule has 26 heteroatoms. The van der Waals surface area contributed by atoms with E-state index in [-0.39, 0.29) is 0 Å². The van der Waals surface area contributed by atoms with Gasteiger partial charge in [0.05, 0.1) is 13.2 Å². The van der Waals surface area contributed by atoms with Gasteiger partial charge in [-0.15, -0.1) is 0 Å². The maximum absolute atomic E-state index is 4.65. The minimum atomic E-state index is 0.736. The van der Waals surface area contributed by atoms with Crippen molar-refractivity contribution in [3.05, 3.63) is 0 Å². The minimum Gasteiger partial charge on any atom is -0.360 e. The molecule has 0 saturated carbocycles. The molecule has 0 unspecified atom stereocenters. The molecule has 0 spiro atoms. The molecule has 0 N–H and O–H groups in total. The van der Waals surface area contributed by atoms with Crippen molar-refractivity contribution in [2.24, 2.45) is 50.8 Å². The zero-order valence-electron chi connectivity index (χ0n) is 63.9. The van der Waals surface area contributed by atoms with Crippen molar-refractivity contribution in [1.82, 2.24) is 83.3 Å². The van der Waals surface area contributed by atoms with Gasteiger partial charge in [-0.1, -0.05) is 6.92 Å². The van der Waals surface area contributed by atoms with E-state index in [4.69, 9.17) is 0 Å². The summed E-state index contributed by atoms with van der Waals surface area (Å²) >= 11 is 0. The number of guanidine groups is 8. The summed E-state index contributed by atoms with van der Waals surface area (Å²) in [6, 6.07) is 0. The van der Waals surface area contributed by atoms with Crippen molar-refractivity contribution in [2.75, 3.05) is 273 Å². The number of aliphatic imine (C=N–C) groups is 9. The van der Waals surface area contributed by atoms with Crippen LogP contribution in [0.25, 0.3) is 0 Å². The Morgan fingerprint density at radius 1 is 0.202 bits per heavy atom. The van der Waals surface area contributed by atoms with E-state index in [0.29, 0.717) is 0 Å². The van der Waals surface area contributed by atoms with Crippen LogP contribution >= 0.6 is 0 Å². The lowest BCUT2D eigenvalue weighted by Crippen LogP contribution is -2.60. The number of fused-ring (bicyclic) bond motifs is 9. The van der Waals surface area contributed by atoms with Gasteiger partial charge in [-0.05, 0) is 135 Å². The number of hydrogen-bond donors (Lipinski definition) is 0. The third-order valence-corrected chi connectivity index (χ3v) is 21.8. The predicted molar refractivity (Wildman–Crippen MR) is 412 cm³/mol. The van der Waals surface area contributed by atoms with Gasteiger partial charge in [0.15, 0.2) is 47.7 Å². The van der Waals surface area contributed by atoms with Crippen LogP contribution in [-0.2, 0) is 0 Å². The Kier molecular flexibility index (Phi) is 30.2. The van der Waals surface area contributed by atoms with Gasteiger partial charge in [0, 0.05) is 259 Å². The van der Waals surface area contributed by atoms with Crippen molar-refractivity contribution in [3.63, 3.8) is 0 Å². The molecule has 0 bridgehead atoms. The third-order valence-electron chi connectivity index (χ3n) is 21.8. The molecular formula is C73H136N26. The van der Waals surface area contributed by atoms with Crippen molar-refractivity contribution >= 4 is 53.5 Å². The van der Waals surface area contributed by atoms with E-state index in [1.807, 2.05) is 0 Å². The van der Waals surface area contributed by atoms with Crippen molar-refractivity contribution in [1.29, 1.82) is 0 Å². The van der Waals surface area contributed by atoms with Gasteiger partial charge in [-0.3, -0.25) is 39.9 Å². The predicted octanol–water partition coefficient (Wildman–Crippen LogP) is 5.28. The number of nitrogens with zero attached hydrogens (tertiary/aromatic N) is 26. The quantitative estimate of drug-likeness (QED) is 0.307. The molecule has 18 aliphatic rings. The van der Waals surface area contributed by atoms with Crippen LogP contribution in [0.5, 0.6) is 0 Å². The topological polar surface area (TPSA) is 166 Å². The van der Waals surface area contributed by atoms with Crippen LogP contribution in [0.1, 0.15) is 142 Å². The first kappa shape index (κ1) is 75.3. The van der Waals surface area contributed by atoms with Gasteiger partial charge in [0.25, 0.3) is 0 Å². The second kappa shape index (κ2) is 39.7. The Morgan fingerprint density at radius 2 is 0.465 bits per heavy atom. The molecule has 0 radical (unpaired) electrons. The molecule has 0 aromatic rings. The highest BCUT2D eigenvalue weighted by Gasteiger charge is 2.31. The highest BCUT2D eigenvalue weighted by atomic mass is 15.5. The standard InChI is InChI=1S/2C10H19N3.2C9H17N3.C8H15N3.C8H14N2.C7H13N3.2C6H11N3/c1-12-7-3-2-4-8-13-9-5-6-11-10(12)13;1-12-7-5-9-13-8-4-2-3-6-11-10(12)13;1-11-6-2-3-7-12-8-4-5-10-9(11)12;1-11-6-4-8-12-7-3-2-5-10-9(11)12;1-10-5-3-7-11-6-2-4-9-8(10)11;1-7-3-6-10-5-2-4-9-8(7)10;1-9-4-2-5-10-6-3-8-7(9)10;1-8-3-2-4-9-5-7-6(8)9;1-8-5-9-4-2-3-7-6(8)9/h2*2-9H2,1H3;2*2-8H2,1H3;2-7H2,1H3;7H,2-6H2,1H3;2-6H2,1H3;2*2-5H2,1H3/t;;;;;7-;;;/m.....1.../s1. The molecule has 0 aromatic heterocycles. The van der Waals surface area contributed by atoms with Crippen molar-refractivity contribution in [2.45, 2.75) is 142 Å². The van der Waals surface area contributed by atoms with Crippen LogP contribution < -0.4 is 0 Å². The SMILES string of the molecule is CN1CCCCCN2CCCN=C12.CN1CCCCN2CCCN=C12.CN1CCCN2CCCCCN=C12.CN1CCCN2CCCCN=C12.CN1CCCN2CCCN=C12.CN1CCCN2CCN=C12.CN1CCCN2CN=C12.CN1CN2CCCN=C12.C[C@@H]1CCN2CCCN=C12. The first-order chi connectivity index (χ1) is 48.4. The molecule has 1 atom stereocenters. The lowest BCUT2D eigenvalue weighted by Gasteiger charge is -2.45. The molecule has 0 aromatic carbocycles. The van der Waals surface area contributed by atoms with E-state index in [9.17, 15) is 0 Å². The lowest BCUT2D eigenvalue weighted by atomic mass is 10.1. The van der Waals surface area contributed by atoms with E-state index in [1.165, 1.54) is 332 Å². The number of hydrogen-bond acceptors (Lipinski definition) is 26. The second-order valence-electron chi connectivity index (χ2n) is 30.1. The van der Waals surface area contributed by atoms with Gasteiger partial charge in [-0.25, -0.2) is 4.99 Å². The zero-order valence-corrected chi connectivity index (χ0v) is 63.9. The van der Waals surface area contributed by atoms with E-state index >= 15 is 0 Å². The van der Waals surface area contributed by atoms with Crippen LogP contribution in [0.3, 0.4) is 0 Å². The first-order valence-electron chi connectivity index (χ1n) is 39.7. The summed E-state index contributed by atoms with van der Waals surface area (Å²) in [5, 5.41) is 0. The molecule has 558 valence electrons. The molecule has 99 heavy (non-hydrogen) atoms. The largest absolute Gasteiger partial charge is 0.360 e. The fourth-order valence-electron chi connectivity index (χ4n) is 16.3. The van der Waals surface area contributed by atoms with Gasteiger partial charge >= 0.3 is 0 Å². The van der Waals surface area contributed by atoms with E-state index < -0.39 is 0 Å². The molecule has 9 saturated heterocycles. The normalized spacial score (nSPS) is 25.4. The molecule has 18 aliphatic heterocycles. The monoisotopic (exact) mass is 1380 g/mol. The first-order valence-corrected chi connectivity index (χ1v) is 39.7. The third kappa shape index (κ3) is 22.1. The molecule has 0 amide bonds. The summed E-state index contributed by atoms with van der Waals surface area (Å²) in [5.41, 5.74) is 0. The van der Waals surface area contributed by atoms with Crippen LogP contribution in [0, 0.1) is 5.92 Å². The van der Waals surface area contributed by atoms with Crippen LogP contribution in [0.2, 0.25) is 0 Å². The Hall–Kier alpha value is -6.37. The maximum Gasteiger partial charge on any atom is 0.199 e. The Morgan fingerprint density at radius 3 is 0.818 bits per heavy atom. The van der Waals surface area contributed by atoms with Crippen LogP contribution in [0.4, 0.5) is 0 Å². The van der Waals surface area contributed by atoms with Crippen molar-refractivity contribution in [3.8, 4) is 0 Å². The van der Waals surface area contributed by atoms with Crippen LogP contribution in [0.15, 0.2) is 44.9 Å². The fourth-order valence-corrected chi connectivity index (χ4v) is 16.3. The van der Waals surface area contributed by atoms with E-state index in [0.717, 1.165) is 78.2 Å². The highest BCUT2D eigenvalue weighted by Crippen LogP contribution is 2.23. The summed E-state index contributed by atoms with van der Waals surface area (Å²) < 4.78 is 0. The molecule has 0 aliphatic carbocycles. The van der Waals surface area contributed by atoms with Crippen LogP contribution in [-0.4, -0.2) is 409 Å². The average molecular weight is 1380 g/mol. The Balaban J connectivity index is 0.000000121. The van der Waals surface area contributed by atoms with Crippen molar-refractivity contribution < 1.29 is 0 Å². The maximum atomic E-state index is 4.65. The molecule has 18 rings (SSSR count). The number of rotatable bonds is 0. The van der Waals surface area contributed by atoms with E-state index in [2.05, 4.69) is 192 Å². The fraction of sp³-hybridized carbons (Fsp3) is 0.877. The highest BCUT2D eigenvalue weighted by molar-refractivity contribution is 5.87. The average Bonchev–Trinajstić information content (AvgIpc) is 1.61. The zero-order chi connectivity index (χ0) is 69.1. The summed E-state index contributed by atoms with van der Waals surface area (Å²) in [6.07, 6.45) is 27.1.